The van der Waals surface area contributed by atoms with Gasteiger partial charge in [0.2, 0.25) is 0 Å². The van der Waals surface area contributed by atoms with Gasteiger partial charge in [0, 0.05) is 28.1 Å². The first-order valence-electron chi connectivity index (χ1n) is 8.79. The molecule has 0 aliphatic carbocycles. The first kappa shape index (κ1) is 18.7. The fraction of sp³-hybridized carbons (Fsp3) is 0.143. The molecule has 142 valence electrons. The number of hydrogen-bond donors (Lipinski definition) is 1. The molecule has 0 amide bonds. The van der Waals surface area contributed by atoms with Crippen molar-refractivity contribution >= 4 is 40.2 Å². The van der Waals surface area contributed by atoms with Gasteiger partial charge in [-0.2, -0.15) is 5.10 Å². The lowest BCUT2D eigenvalue weighted by Gasteiger charge is -2.04. The standard InChI is InChI=1S/C21H18ClN3O2S/c22-20-10-16(23-25(20)11-15-6-2-1-3-7-15)12-24-13-19(28-14-21(26)27)17-8-4-5-9-18(17)24/h1-10,13H,11-12,14H2,(H,26,27). The van der Waals surface area contributed by atoms with Gasteiger partial charge in [0.25, 0.3) is 0 Å². The average Bonchev–Trinajstić information content (AvgIpc) is 3.21. The molecule has 0 aliphatic rings. The third kappa shape index (κ3) is 4.08. The van der Waals surface area contributed by atoms with Crippen LogP contribution in [0.3, 0.4) is 0 Å². The van der Waals surface area contributed by atoms with Gasteiger partial charge < -0.3 is 9.67 Å². The zero-order valence-corrected chi connectivity index (χ0v) is 16.5. The van der Waals surface area contributed by atoms with Crippen LogP contribution in [0.5, 0.6) is 0 Å². The van der Waals surface area contributed by atoms with Crippen molar-refractivity contribution in [3.05, 3.63) is 83.3 Å². The molecule has 0 bridgehead atoms. The van der Waals surface area contributed by atoms with Crippen molar-refractivity contribution in [1.82, 2.24) is 14.3 Å². The molecule has 0 spiro atoms. The molecule has 2 heterocycles. The van der Waals surface area contributed by atoms with Gasteiger partial charge in [-0.05, 0) is 11.6 Å². The minimum atomic E-state index is -0.826. The number of para-hydroxylation sites is 1. The van der Waals surface area contributed by atoms with Gasteiger partial charge in [-0.3, -0.25) is 4.79 Å². The van der Waals surface area contributed by atoms with Crippen LogP contribution >= 0.6 is 23.4 Å². The van der Waals surface area contributed by atoms with Crippen molar-refractivity contribution in [3.8, 4) is 0 Å². The first-order chi connectivity index (χ1) is 13.6. The maximum absolute atomic E-state index is 10.9. The fourth-order valence-corrected chi connectivity index (χ4v) is 4.19. The van der Waals surface area contributed by atoms with Gasteiger partial charge in [-0.25, -0.2) is 4.68 Å². The van der Waals surface area contributed by atoms with E-state index in [2.05, 4.69) is 9.67 Å². The lowest BCUT2D eigenvalue weighted by molar-refractivity contribution is -0.133. The quantitative estimate of drug-likeness (QED) is 0.445. The topological polar surface area (TPSA) is 60.0 Å². The van der Waals surface area contributed by atoms with Crippen molar-refractivity contribution in [2.75, 3.05) is 5.75 Å². The van der Waals surface area contributed by atoms with E-state index in [1.54, 1.807) is 4.68 Å². The number of thioether (sulfide) groups is 1. The number of carboxylic acids is 1. The summed E-state index contributed by atoms with van der Waals surface area (Å²) < 4.78 is 3.88. The van der Waals surface area contributed by atoms with E-state index in [9.17, 15) is 4.79 Å². The van der Waals surface area contributed by atoms with E-state index >= 15 is 0 Å². The Kier molecular flexibility index (Phi) is 5.41. The van der Waals surface area contributed by atoms with Gasteiger partial charge in [0.15, 0.2) is 0 Å². The highest BCUT2D eigenvalue weighted by Gasteiger charge is 2.13. The molecule has 1 N–H and O–H groups in total. The van der Waals surface area contributed by atoms with Crippen molar-refractivity contribution in [1.29, 1.82) is 0 Å². The predicted molar refractivity (Wildman–Crippen MR) is 112 cm³/mol. The second-order valence-electron chi connectivity index (χ2n) is 6.42. The summed E-state index contributed by atoms with van der Waals surface area (Å²) in [5, 5.41) is 15.3. The van der Waals surface area contributed by atoms with E-state index in [4.69, 9.17) is 16.7 Å². The van der Waals surface area contributed by atoms with Crippen LogP contribution in [0.15, 0.2) is 71.8 Å². The van der Waals surface area contributed by atoms with Gasteiger partial charge in [0.1, 0.15) is 5.15 Å². The lowest BCUT2D eigenvalue weighted by atomic mass is 10.2. The predicted octanol–water partition coefficient (Wildman–Crippen LogP) is 4.76. The number of carboxylic acid groups (broad SMARTS) is 1. The first-order valence-corrected chi connectivity index (χ1v) is 10.1. The van der Waals surface area contributed by atoms with Crippen molar-refractivity contribution in [3.63, 3.8) is 0 Å². The van der Waals surface area contributed by atoms with Crippen molar-refractivity contribution < 1.29 is 9.90 Å². The van der Waals surface area contributed by atoms with E-state index in [1.165, 1.54) is 11.8 Å². The molecule has 2 aromatic carbocycles. The van der Waals surface area contributed by atoms with Crippen molar-refractivity contribution in [2.24, 2.45) is 0 Å². The van der Waals surface area contributed by atoms with E-state index in [-0.39, 0.29) is 5.75 Å². The van der Waals surface area contributed by atoms with Gasteiger partial charge in [-0.1, -0.05) is 60.1 Å². The second-order valence-corrected chi connectivity index (χ2v) is 7.83. The number of hydrogen-bond acceptors (Lipinski definition) is 3. The normalized spacial score (nSPS) is 11.2. The van der Waals surface area contributed by atoms with Crippen LogP contribution in [0.25, 0.3) is 10.9 Å². The molecule has 0 fully saturated rings. The zero-order chi connectivity index (χ0) is 19.5. The van der Waals surface area contributed by atoms with Crippen LogP contribution in [0.4, 0.5) is 0 Å². The number of benzene rings is 2. The summed E-state index contributed by atoms with van der Waals surface area (Å²) in [5.41, 5.74) is 3.04. The summed E-state index contributed by atoms with van der Waals surface area (Å²) in [4.78, 5) is 11.9. The van der Waals surface area contributed by atoms with Crippen LogP contribution in [0, 0.1) is 0 Å². The average molecular weight is 412 g/mol. The molecular weight excluding hydrogens is 394 g/mol. The molecule has 0 aliphatic heterocycles. The zero-order valence-electron chi connectivity index (χ0n) is 15.0. The SMILES string of the molecule is O=C(O)CSc1cn(Cc2cc(Cl)n(Cc3ccccc3)n2)c2ccccc12. The van der Waals surface area contributed by atoms with Crippen LogP contribution in [-0.4, -0.2) is 31.2 Å². The molecule has 0 radical (unpaired) electrons. The van der Waals surface area contributed by atoms with Crippen LogP contribution < -0.4 is 0 Å². The largest absolute Gasteiger partial charge is 0.481 e. The number of aromatic nitrogens is 3. The third-order valence-corrected chi connectivity index (χ3v) is 5.72. The van der Waals surface area contributed by atoms with E-state index in [0.717, 1.165) is 27.1 Å². The Morgan fingerprint density at radius 3 is 2.61 bits per heavy atom. The minimum Gasteiger partial charge on any atom is -0.481 e. The molecule has 0 saturated heterocycles. The number of halogens is 1. The molecular formula is C21H18ClN3O2S. The summed E-state index contributed by atoms with van der Waals surface area (Å²) in [6.45, 7) is 1.18. The number of nitrogens with zero attached hydrogens (tertiary/aromatic N) is 3. The van der Waals surface area contributed by atoms with E-state index in [0.29, 0.717) is 18.2 Å². The molecule has 5 nitrogen and oxygen atoms in total. The Balaban J connectivity index is 1.60. The maximum atomic E-state index is 10.9. The highest BCUT2D eigenvalue weighted by molar-refractivity contribution is 8.00. The smallest absolute Gasteiger partial charge is 0.313 e. The third-order valence-electron chi connectivity index (χ3n) is 4.39. The highest BCUT2D eigenvalue weighted by atomic mass is 35.5. The summed E-state index contributed by atoms with van der Waals surface area (Å²) in [5.74, 6) is -0.792. The molecule has 4 aromatic rings. The fourth-order valence-electron chi connectivity index (χ4n) is 3.16. The number of carbonyl (C=O) groups is 1. The van der Waals surface area contributed by atoms with Gasteiger partial charge in [-0.15, -0.1) is 11.8 Å². The molecule has 0 unspecified atom stereocenters. The second kappa shape index (κ2) is 8.12. The van der Waals surface area contributed by atoms with Crippen molar-refractivity contribution in [2.45, 2.75) is 18.0 Å². The summed E-state index contributed by atoms with van der Waals surface area (Å²) in [6, 6.07) is 19.9. The van der Waals surface area contributed by atoms with Crippen LogP contribution in [0.2, 0.25) is 5.15 Å². The monoisotopic (exact) mass is 411 g/mol. The van der Waals surface area contributed by atoms with E-state index < -0.39 is 5.97 Å². The lowest BCUT2D eigenvalue weighted by Crippen LogP contribution is -2.04. The molecule has 2 aromatic heterocycles. The maximum Gasteiger partial charge on any atom is 0.313 e. The molecule has 4 rings (SSSR count). The van der Waals surface area contributed by atoms with Gasteiger partial charge >= 0.3 is 5.97 Å². The molecule has 0 atom stereocenters. The molecule has 0 saturated carbocycles. The summed E-state index contributed by atoms with van der Waals surface area (Å²) in [7, 11) is 0. The summed E-state index contributed by atoms with van der Waals surface area (Å²) >= 11 is 7.72. The Morgan fingerprint density at radius 2 is 1.82 bits per heavy atom. The Hall–Kier alpha value is -2.70. The van der Waals surface area contributed by atoms with Crippen LogP contribution in [0.1, 0.15) is 11.3 Å². The molecule has 7 heteroatoms. The Labute approximate surface area is 171 Å². The number of rotatable bonds is 7. The van der Waals surface area contributed by atoms with Crippen LogP contribution in [-0.2, 0) is 17.9 Å². The Bertz CT molecular complexity index is 1120. The van der Waals surface area contributed by atoms with E-state index in [1.807, 2.05) is 66.9 Å². The molecule has 28 heavy (non-hydrogen) atoms. The number of aliphatic carboxylic acids is 1. The minimum absolute atomic E-state index is 0.0333. The Morgan fingerprint density at radius 1 is 1.07 bits per heavy atom. The highest BCUT2D eigenvalue weighted by Crippen LogP contribution is 2.30. The summed E-state index contributed by atoms with van der Waals surface area (Å²) in [6.07, 6.45) is 1.99. The number of fused-ring (bicyclic) bond motifs is 1. The van der Waals surface area contributed by atoms with Gasteiger partial charge in [0.05, 0.1) is 24.5 Å².